The molecule has 4 rings (SSSR count). The number of carbonyl (C=O) groups excluding carboxylic acids is 1. The first-order valence-electron chi connectivity index (χ1n) is 10.5. The summed E-state index contributed by atoms with van der Waals surface area (Å²) in [7, 11) is 4.52. The van der Waals surface area contributed by atoms with Gasteiger partial charge in [-0.25, -0.2) is 9.78 Å². The minimum absolute atomic E-state index is 0.0408. The van der Waals surface area contributed by atoms with Gasteiger partial charge in [0, 0.05) is 39.7 Å². The Hall–Kier alpha value is -3.62. The van der Waals surface area contributed by atoms with Crippen LogP contribution >= 0.6 is 0 Å². The minimum atomic E-state index is -0.523. The normalized spacial score (nSPS) is 16.2. The third kappa shape index (κ3) is 4.23. The lowest BCUT2D eigenvalue weighted by Crippen LogP contribution is -2.44. The third-order valence-corrected chi connectivity index (χ3v) is 5.91. The Bertz CT molecular complexity index is 1240. The van der Waals surface area contributed by atoms with Gasteiger partial charge in [-0.15, -0.1) is 0 Å². The summed E-state index contributed by atoms with van der Waals surface area (Å²) in [5.41, 5.74) is 0.151. The molecule has 1 amide bonds. The third-order valence-electron chi connectivity index (χ3n) is 5.91. The second-order valence-electron chi connectivity index (χ2n) is 8.05. The van der Waals surface area contributed by atoms with Gasteiger partial charge in [-0.2, -0.15) is 0 Å². The number of carbonyl (C=O) groups is 1. The first-order valence-corrected chi connectivity index (χ1v) is 10.5. The summed E-state index contributed by atoms with van der Waals surface area (Å²) >= 11 is 0. The van der Waals surface area contributed by atoms with Gasteiger partial charge < -0.3 is 14.1 Å². The molecule has 3 heterocycles. The van der Waals surface area contributed by atoms with E-state index in [9.17, 15) is 14.4 Å². The summed E-state index contributed by atoms with van der Waals surface area (Å²) < 4.78 is 13.4. The zero-order valence-electron chi connectivity index (χ0n) is 18.4. The number of amides is 1. The SMILES string of the molecule is COc1ccc(Cc2cnc([C@@H]3CCCN(C(=O)c4cc(=O)n(C)c(=O)n4C)C3)o2)cc1. The molecule has 1 atom stereocenters. The standard InChI is InChI=1S/C23H26N4O5/c1-25-19(12-20(28)26(2)23(25)30)22(29)27-10-4-5-16(14-27)21-24-13-18(32-21)11-15-6-8-17(31-3)9-7-15/h6-9,12-13,16H,4-5,10-11,14H2,1-3H3/t16-/m1/s1. The Kier molecular flexibility index (Phi) is 5.98. The maximum atomic E-state index is 13.1. The Labute approximate surface area is 184 Å². The minimum Gasteiger partial charge on any atom is -0.497 e. The maximum absolute atomic E-state index is 13.1. The Morgan fingerprint density at radius 3 is 2.66 bits per heavy atom. The van der Waals surface area contributed by atoms with Crippen LogP contribution in [-0.2, 0) is 20.5 Å². The molecule has 0 N–H and O–H groups in total. The zero-order valence-corrected chi connectivity index (χ0v) is 18.4. The second-order valence-corrected chi connectivity index (χ2v) is 8.05. The number of rotatable bonds is 5. The first kappa shape index (κ1) is 21.6. The van der Waals surface area contributed by atoms with E-state index in [1.54, 1.807) is 18.2 Å². The summed E-state index contributed by atoms with van der Waals surface area (Å²) in [6, 6.07) is 8.99. The van der Waals surface area contributed by atoms with Gasteiger partial charge in [-0.1, -0.05) is 12.1 Å². The number of likely N-dealkylation sites (tertiary alicyclic amines) is 1. The van der Waals surface area contributed by atoms with Crippen LogP contribution in [0.15, 0.2) is 50.5 Å². The molecular weight excluding hydrogens is 412 g/mol. The number of ether oxygens (including phenoxy) is 1. The Balaban J connectivity index is 1.48. The lowest BCUT2D eigenvalue weighted by atomic mass is 9.97. The van der Waals surface area contributed by atoms with Crippen molar-refractivity contribution in [1.82, 2.24) is 19.0 Å². The average molecular weight is 438 g/mol. The van der Waals surface area contributed by atoms with E-state index in [2.05, 4.69) is 4.98 Å². The van der Waals surface area contributed by atoms with Crippen molar-refractivity contribution in [2.75, 3.05) is 20.2 Å². The van der Waals surface area contributed by atoms with Crippen LogP contribution in [0.2, 0.25) is 0 Å². The van der Waals surface area contributed by atoms with Gasteiger partial charge in [0.05, 0.1) is 19.2 Å². The van der Waals surface area contributed by atoms with Crippen LogP contribution in [0.5, 0.6) is 5.75 Å². The van der Waals surface area contributed by atoms with Crippen molar-refractivity contribution < 1.29 is 13.9 Å². The van der Waals surface area contributed by atoms with Crippen molar-refractivity contribution >= 4 is 5.91 Å². The topological polar surface area (TPSA) is 99.6 Å². The number of hydrogen-bond donors (Lipinski definition) is 0. The van der Waals surface area contributed by atoms with E-state index in [0.717, 1.165) is 34.5 Å². The number of nitrogens with zero attached hydrogens (tertiary/aromatic N) is 4. The van der Waals surface area contributed by atoms with Crippen LogP contribution in [0.4, 0.5) is 0 Å². The molecule has 1 aliphatic heterocycles. The number of methoxy groups -OCH3 is 1. The molecule has 1 fully saturated rings. The van der Waals surface area contributed by atoms with Gasteiger partial charge in [-0.05, 0) is 30.5 Å². The van der Waals surface area contributed by atoms with Crippen LogP contribution in [0.3, 0.4) is 0 Å². The van der Waals surface area contributed by atoms with Gasteiger partial charge in [0.2, 0.25) is 0 Å². The molecule has 0 radical (unpaired) electrons. The molecule has 9 heteroatoms. The van der Waals surface area contributed by atoms with Crippen molar-refractivity contribution in [3.63, 3.8) is 0 Å². The fraction of sp³-hybridized carbons (Fsp3) is 0.391. The van der Waals surface area contributed by atoms with E-state index < -0.39 is 11.2 Å². The molecule has 9 nitrogen and oxygen atoms in total. The largest absolute Gasteiger partial charge is 0.497 e. The highest BCUT2D eigenvalue weighted by Gasteiger charge is 2.29. The molecule has 0 saturated carbocycles. The predicted octanol–water partition coefficient (Wildman–Crippen LogP) is 1.69. The number of benzene rings is 1. The highest BCUT2D eigenvalue weighted by atomic mass is 16.5. The quantitative estimate of drug-likeness (QED) is 0.601. The van der Waals surface area contributed by atoms with E-state index in [1.807, 2.05) is 24.3 Å². The van der Waals surface area contributed by atoms with E-state index in [4.69, 9.17) is 9.15 Å². The lowest BCUT2D eigenvalue weighted by molar-refractivity contribution is 0.0685. The Morgan fingerprint density at radius 1 is 1.19 bits per heavy atom. The maximum Gasteiger partial charge on any atom is 0.331 e. The molecule has 168 valence electrons. The molecule has 0 bridgehead atoms. The van der Waals surface area contributed by atoms with Crippen molar-refractivity contribution in [2.24, 2.45) is 14.1 Å². The fourth-order valence-electron chi connectivity index (χ4n) is 4.00. The highest BCUT2D eigenvalue weighted by Crippen LogP contribution is 2.28. The van der Waals surface area contributed by atoms with E-state index in [-0.39, 0.29) is 17.5 Å². The molecule has 2 aromatic heterocycles. The summed E-state index contributed by atoms with van der Waals surface area (Å²) in [4.78, 5) is 43.4. The molecular formula is C23H26N4O5. The summed E-state index contributed by atoms with van der Waals surface area (Å²) in [5, 5.41) is 0. The van der Waals surface area contributed by atoms with Crippen molar-refractivity contribution in [2.45, 2.75) is 25.2 Å². The summed E-state index contributed by atoms with van der Waals surface area (Å²) in [6.07, 6.45) is 3.97. The lowest BCUT2D eigenvalue weighted by Gasteiger charge is -2.31. The van der Waals surface area contributed by atoms with Gasteiger partial charge in [0.25, 0.3) is 11.5 Å². The van der Waals surface area contributed by atoms with E-state index in [1.165, 1.54) is 24.7 Å². The van der Waals surface area contributed by atoms with Crippen LogP contribution in [0, 0.1) is 0 Å². The van der Waals surface area contributed by atoms with Crippen LogP contribution in [0.1, 0.15) is 46.5 Å². The number of hydrogen-bond acceptors (Lipinski definition) is 6. The van der Waals surface area contributed by atoms with Gasteiger partial charge in [0.1, 0.15) is 17.2 Å². The van der Waals surface area contributed by atoms with Crippen molar-refractivity contribution in [3.8, 4) is 5.75 Å². The molecule has 32 heavy (non-hydrogen) atoms. The monoisotopic (exact) mass is 438 g/mol. The molecule has 3 aromatic rings. The van der Waals surface area contributed by atoms with Crippen molar-refractivity contribution in [3.05, 3.63) is 80.3 Å². The van der Waals surface area contributed by atoms with Gasteiger partial charge in [0.15, 0.2) is 5.89 Å². The zero-order chi connectivity index (χ0) is 22.8. The van der Waals surface area contributed by atoms with E-state index in [0.29, 0.717) is 25.4 Å². The van der Waals surface area contributed by atoms with Crippen LogP contribution in [-0.4, -0.2) is 45.1 Å². The molecule has 1 aliphatic rings. The Morgan fingerprint density at radius 2 is 1.94 bits per heavy atom. The molecule has 1 saturated heterocycles. The molecule has 1 aromatic carbocycles. The van der Waals surface area contributed by atoms with E-state index >= 15 is 0 Å². The number of aromatic nitrogens is 3. The number of oxazole rings is 1. The van der Waals surface area contributed by atoms with Crippen LogP contribution in [0.25, 0.3) is 0 Å². The average Bonchev–Trinajstić information content (AvgIpc) is 3.28. The molecule has 0 aliphatic carbocycles. The first-order chi connectivity index (χ1) is 15.4. The number of piperidine rings is 1. The molecule has 0 unspecified atom stereocenters. The fourth-order valence-corrected chi connectivity index (χ4v) is 4.00. The smallest absolute Gasteiger partial charge is 0.331 e. The predicted molar refractivity (Wildman–Crippen MR) is 117 cm³/mol. The summed E-state index contributed by atoms with van der Waals surface area (Å²) in [6.45, 7) is 0.975. The second kappa shape index (κ2) is 8.86. The van der Waals surface area contributed by atoms with Crippen LogP contribution < -0.4 is 16.0 Å². The van der Waals surface area contributed by atoms with Gasteiger partial charge >= 0.3 is 5.69 Å². The van der Waals surface area contributed by atoms with Gasteiger partial charge in [-0.3, -0.25) is 18.7 Å². The van der Waals surface area contributed by atoms with Crippen molar-refractivity contribution in [1.29, 1.82) is 0 Å². The summed E-state index contributed by atoms with van der Waals surface area (Å²) in [5.74, 6) is 1.78. The molecule has 0 spiro atoms. The highest BCUT2D eigenvalue weighted by molar-refractivity contribution is 5.92.